The summed E-state index contributed by atoms with van der Waals surface area (Å²) in [7, 11) is 1.65. The van der Waals surface area contributed by atoms with Gasteiger partial charge >= 0.3 is 0 Å². The standard InChI is InChI=1S/C22H27N7O4/c1-12(2)28-9-4-5-15(22(28)31)25-18-17-20(23-8-10-33-17)29-19(27-18)13(11-24-29)21(30)26-14-6-7-16(14)32-3/h4-5,9,11-12,14,16,23H,6-8,10H2,1-3H3,(H,25,27)(H,26,30)/t14-,16-/m0/s1. The zero-order chi connectivity index (χ0) is 23.1. The van der Waals surface area contributed by atoms with E-state index in [4.69, 9.17) is 9.47 Å². The van der Waals surface area contributed by atoms with Gasteiger partial charge in [0.25, 0.3) is 11.5 Å². The molecule has 1 aliphatic heterocycles. The van der Waals surface area contributed by atoms with Crippen molar-refractivity contribution >= 4 is 28.9 Å². The van der Waals surface area contributed by atoms with Gasteiger partial charge in [0.05, 0.1) is 24.9 Å². The van der Waals surface area contributed by atoms with Crippen LogP contribution in [-0.4, -0.2) is 57.5 Å². The number of nitrogens with zero attached hydrogens (tertiary/aromatic N) is 4. The van der Waals surface area contributed by atoms with Crippen molar-refractivity contribution < 1.29 is 14.3 Å². The molecule has 3 aromatic rings. The second-order valence-electron chi connectivity index (χ2n) is 8.49. The molecule has 2 aliphatic rings. The maximum atomic E-state index is 13.0. The van der Waals surface area contributed by atoms with Gasteiger partial charge in [0.1, 0.15) is 17.9 Å². The van der Waals surface area contributed by atoms with Crippen LogP contribution in [0.25, 0.3) is 5.65 Å². The van der Waals surface area contributed by atoms with E-state index in [0.717, 1.165) is 12.8 Å². The number of hydrogen-bond acceptors (Lipinski definition) is 8. The van der Waals surface area contributed by atoms with E-state index in [0.29, 0.717) is 47.4 Å². The zero-order valence-electron chi connectivity index (χ0n) is 18.8. The maximum Gasteiger partial charge on any atom is 0.274 e. The van der Waals surface area contributed by atoms with Crippen LogP contribution in [0, 0.1) is 0 Å². The molecule has 11 nitrogen and oxygen atoms in total. The summed E-state index contributed by atoms with van der Waals surface area (Å²) in [4.78, 5) is 30.6. The Labute approximate surface area is 190 Å². The van der Waals surface area contributed by atoms with E-state index in [1.165, 1.54) is 6.20 Å². The first-order chi connectivity index (χ1) is 16.0. The van der Waals surface area contributed by atoms with Crippen LogP contribution in [0.2, 0.25) is 0 Å². The SMILES string of the molecule is CO[C@H]1CC[C@@H]1NC(=O)c1cnn2c3c(c(Nc4cccn(C(C)C)c4=O)nc12)OCCN3. The molecule has 1 saturated carbocycles. The zero-order valence-corrected chi connectivity index (χ0v) is 18.8. The monoisotopic (exact) mass is 453 g/mol. The van der Waals surface area contributed by atoms with Gasteiger partial charge in [0, 0.05) is 19.3 Å². The fraction of sp³-hybridized carbons (Fsp3) is 0.455. The minimum Gasteiger partial charge on any atom is -0.485 e. The van der Waals surface area contributed by atoms with E-state index >= 15 is 0 Å². The van der Waals surface area contributed by atoms with E-state index in [1.54, 1.807) is 34.5 Å². The van der Waals surface area contributed by atoms with Gasteiger partial charge in [-0.2, -0.15) is 9.61 Å². The summed E-state index contributed by atoms with van der Waals surface area (Å²) in [6, 6.07) is 3.47. The highest BCUT2D eigenvalue weighted by atomic mass is 16.5. The normalized spacial score (nSPS) is 19.4. The number of carbonyl (C=O) groups excluding carboxylic acids is 1. The molecule has 1 amide bonds. The number of aromatic nitrogens is 4. The lowest BCUT2D eigenvalue weighted by Gasteiger charge is -2.35. The number of methoxy groups -OCH3 is 1. The Kier molecular flexibility index (Phi) is 5.41. The Bertz CT molecular complexity index is 1260. The number of rotatable bonds is 6. The van der Waals surface area contributed by atoms with Gasteiger partial charge in [-0.1, -0.05) is 0 Å². The van der Waals surface area contributed by atoms with Crippen LogP contribution < -0.4 is 26.2 Å². The maximum absolute atomic E-state index is 13.0. The molecule has 0 aromatic carbocycles. The predicted molar refractivity (Wildman–Crippen MR) is 123 cm³/mol. The van der Waals surface area contributed by atoms with Crippen LogP contribution in [0.4, 0.5) is 17.3 Å². The first kappa shape index (κ1) is 21.3. The molecule has 5 rings (SSSR count). The molecule has 3 aromatic heterocycles. The van der Waals surface area contributed by atoms with Gasteiger partial charge < -0.3 is 30.0 Å². The van der Waals surface area contributed by atoms with E-state index < -0.39 is 0 Å². The average molecular weight is 454 g/mol. The van der Waals surface area contributed by atoms with Crippen LogP contribution in [0.1, 0.15) is 43.1 Å². The van der Waals surface area contributed by atoms with Crippen molar-refractivity contribution in [2.45, 2.75) is 44.9 Å². The van der Waals surface area contributed by atoms with Crippen molar-refractivity contribution in [1.29, 1.82) is 0 Å². The third kappa shape index (κ3) is 3.67. The third-order valence-electron chi connectivity index (χ3n) is 6.10. The summed E-state index contributed by atoms with van der Waals surface area (Å²) >= 11 is 0. The predicted octanol–water partition coefficient (Wildman–Crippen LogP) is 1.93. The van der Waals surface area contributed by atoms with E-state index in [-0.39, 0.29) is 29.7 Å². The van der Waals surface area contributed by atoms with Crippen molar-refractivity contribution in [2.24, 2.45) is 0 Å². The van der Waals surface area contributed by atoms with Crippen LogP contribution >= 0.6 is 0 Å². The lowest BCUT2D eigenvalue weighted by molar-refractivity contribution is 0.00732. The summed E-state index contributed by atoms with van der Waals surface area (Å²) in [6.07, 6.45) is 5.04. The molecule has 0 spiro atoms. The largest absolute Gasteiger partial charge is 0.485 e. The van der Waals surface area contributed by atoms with Gasteiger partial charge in [-0.3, -0.25) is 9.59 Å². The summed E-state index contributed by atoms with van der Waals surface area (Å²) in [5, 5.41) is 13.8. The fourth-order valence-electron chi connectivity index (χ4n) is 4.14. The van der Waals surface area contributed by atoms with Crippen molar-refractivity contribution in [3.05, 3.63) is 40.4 Å². The van der Waals surface area contributed by atoms with Crippen LogP contribution in [0.3, 0.4) is 0 Å². The van der Waals surface area contributed by atoms with Crippen LogP contribution in [0.15, 0.2) is 29.3 Å². The molecular formula is C22H27N7O4. The number of ether oxygens (including phenoxy) is 2. The van der Waals surface area contributed by atoms with Gasteiger partial charge in [0.15, 0.2) is 17.3 Å². The van der Waals surface area contributed by atoms with Crippen LogP contribution in [0.5, 0.6) is 5.75 Å². The molecule has 4 heterocycles. The second-order valence-corrected chi connectivity index (χ2v) is 8.49. The van der Waals surface area contributed by atoms with Crippen molar-refractivity contribution in [2.75, 3.05) is 30.9 Å². The van der Waals surface area contributed by atoms with Crippen molar-refractivity contribution in [1.82, 2.24) is 24.5 Å². The lowest BCUT2D eigenvalue weighted by atomic mass is 9.89. The molecular weight excluding hydrogens is 426 g/mol. The number of fused-ring (bicyclic) bond motifs is 3. The lowest BCUT2D eigenvalue weighted by Crippen LogP contribution is -2.51. The first-order valence-electron chi connectivity index (χ1n) is 11.1. The molecule has 0 unspecified atom stereocenters. The second kappa shape index (κ2) is 8.39. The summed E-state index contributed by atoms with van der Waals surface area (Å²) in [5.41, 5.74) is 0.888. The minimum absolute atomic E-state index is 0.00841. The number of carbonyl (C=O) groups is 1. The van der Waals surface area contributed by atoms with Gasteiger partial charge in [-0.25, -0.2) is 4.98 Å². The molecule has 2 atom stereocenters. The van der Waals surface area contributed by atoms with Gasteiger partial charge in [-0.05, 0) is 38.8 Å². The molecule has 0 bridgehead atoms. The third-order valence-corrected chi connectivity index (χ3v) is 6.10. The number of hydrogen-bond donors (Lipinski definition) is 3. The molecule has 0 saturated heterocycles. The number of nitrogens with one attached hydrogen (secondary N) is 3. The molecule has 0 radical (unpaired) electrons. The smallest absolute Gasteiger partial charge is 0.274 e. The quantitative estimate of drug-likeness (QED) is 0.517. The van der Waals surface area contributed by atoms with Crippen molar-refractivity contribution in [3.63, 3.8) is 0 Å². The van der Waals surface area contributed by atoms with Gasteiger partial charge in [0.2, 0.25) is 5.75 Å². The molecule has 11 heteroatoms. The fourth-order valence-corrected chi connectivity index (χ4v) is 4.14. The molecule has 174 valence electrons. The summed E-state index contributed by atoms with van der Waals surface area (Å²) < 4.78 is 14.4. The Balaban J connectivity index is 1.55. The van der Waals surface area contributed by atoms with Gasteiger partial charge in [-0.15, -0.1) is 0 Å². The topological polar surface area (TPSA) is 124 Å². The average Bonchev–Trinajstić information content (AvgIpc) is 3.22. The van der Waals surface area contributed by atoms with E-state index in [1.807, 2.05) is 13.8 Å². The Morgan fingerprint density at radius 2 is 2.21 bits per heavy atom. The Morgan fingerprint density at radius 3 is 2.94 bits per heavy atom. The Hall–Kier alpha value is -3.60. The van der Waals surface area contributed by atoms with Crippen LogP contribution in [-0.2, 0) is 4.74 Å². The van der Waals surface area contributed by atoms with E-state index in [9.17, 15) is 9.59 Å². The molecule has 3 N–H and O–H groups in total. The number of pyridine rings is 1. The Morgan fingerprint density at radius 1 is 1.36 bits per heavy atom. The minimum atomic E-state index is -0.270. The summed E-state index contributed by atoms with van der Waals surface area (Å²) in [5.74, 6) is 1.10. The summed E-state index contributed by atoms with van der Waals surface area (Å²) in [6.45, 7) is 4.90. The highest BCUT2D eigenvalue weighted by molar-refractivity contribution is 6.00. The molecule has 1 aliphatic carbocycles. The highest BCUT2D eigenvalue weighted by Crippen LogP contribution is 2.36. The number of anilines is 3. The highest BCUT2D eigenvalue weighted by Gasteiger charge is 2.33. The molecule has 1 fully saturated rings. The molecule has 33 heavy (non-hydrogen) atoms. The van der Waals surface area contributed by atoms with Crippen molar-refractivity contribution in [3.8, 4) is 5.75 Å². The van der Waals surface area contributed by atoms with E-state index in [2.05, 4.69) is 26.0 Å². The first-order valence-corrected chi connectivity index (χ1v) is 11.1. The number of amides is 1.